The highest BCUT2D eigenvalue weighted by Crippen LogP contribution is 2.41. The molecule has 1 saturated carbocycles. The SMILES string of the molecule is CC(C)c1ccc(N2CCC3(CC2)OCC[C@](C)(NC(=O)C2CC2)[C@H]3O)nn1.O=CO. The molecule has 2 aliphatic heterocycles. The number of aliphatic hydroxyl groups excluding tert-OH is 1. The third kappa shape index (κ3) is 5.15. The summed E-state index contributed by atoms with van der Waals surface area (Å²) in [5, 5.41) is 30.0. The second-order valence-electron chi connectivity index (χ2n) is 9.31. The molecule has 4 rings (SSSR count). The fourth-order valence-electron chi connectivity index (χ4n) is 4.47. The molecule has 0 aromatic carbocycles. The van der Waals surface area contributed by atoms with Crippen molar-refractivity contribution < 1.29 is 24.5 Å². The summed E-state index contributed by atoms with van der Waals surface area (Å²) in [6.45, 7) is 7.98. The van der Waals surface area contributed by atoms with E-state index < -0.39 is 17.2 Å². The molecule has 0 radical (unpaired) electrons. The van der Waals surface area contributed by atoms with Gasteiger partial charge in [-0.1, -0.05) is 13.8 Å². The predicted octanol–water partition coefficient (Wildman–Crippen LogP) is 1.71. The van der Waals surface area contributed by atoms with E-state index in [-0.39, 0.29) is 18.3 Å². The van der Waals surface area contributed by atoms with Gasteiger partial charge in [0, 0.05) is 25.6 Å². The summed E-state index contributed by atoms with van der Waals surface area (Å²) in [7, 11) is 0. The van der Waals surface area contributed by atoms with E-state index in [0.717, 1.165) is 37.4 Å². The molecule has 0 unspecified atom stereocenters. The van der Waals surface area contributed by atoms with Crippen molar-refractivity contribution in [1.82, 2.24) is 15.5 Å². The number of hydrogen-bond acceptors (Lipinski definition) is 7. The average Bonchev–Trinajstić information content (AvgIpc) is 3.59. The van der Waals surface area contributed by atoms with E-state index in [9.17, 15) is 9.90 Å². The van der Waals surface area contributed by atoms with Crippen LogP contribution in [0.25, 0.3) is 0 Å². The number of nitrogens with one attached hydrogen (secondary N) is 1. The standard InChI is InChI=1S/C21H32N4O3.CH2O2/c1-14(2)16-6-7-17(24-23-16)25-11-8-21(9-12-25)19(27)20(3,10-13-28-21)22-18(26)15-4-5-15;2-1-3/h6-7,14-15,19,27H,4-5,8-13H2,1-3H3,(H,22,26);1H,(H,2,3)/t19-,20+;/m1./s1. The zero-order valence-electron chi connectivity index (χ0n) is 18.6. The van der Waals surface area contributed by atoms with Gasteiger partial charge >= 0.3 is 0 Å². The number of ether oxygens (including phenoxy) is 1. The van der Waals surface area contributed by atoms with Gasteiger partial charge in [-0.2, -0.15) is 5.10 Å². The number of nitrogens with zero attached hydrogens (tertiary/aromatic N) is 3. The zero-order valence-corrected chi connectivity index (χ0v) is 18.6. The normalized spacial score (nSPS) is 27.4. The molecule has 1 aromatic rings. The molecule has 1 amide bonds. The number of rotatable bonds is 4. The van der Waals surface area contributed by atoms with Crippen molar-refractivity contribution >= 4 is 18.2 Å². The smallest absolute Gasteiger partial charge is 0.290 e. The van der Waals surface area contributed by atoms with Crippen molar-refractivity contribution in [3.8, 4) is 0 Å². The Balaban J connectivity index is 0.000000858. The summed E-state index contributed by atoms with van der Waals surface area (Å²) in [5.41, 5.74) is -0.241. The first-order valence-electron chi connectivity index (χ1n) is 11.0. The molecular formula is C22H34N4O5. The predicted molar refractivity (Wildman–Crippen MR) is 115 cm³/mol. The molecule has 2 saturated heterocycles. The topological polar surface area (TPSA) is 125 Å². The molecule has 3 N–H and O–H groups in total. The highest BCUT2D eigenvalue weighted by atomic mass is 16.5. The minimum atomic E-state index is -0.715. The van der Waals surface area contributed by atoms with E-state index in [0.29, 0.717) is 31.8 Å². The van der Waals surface area contributed by atoms with Gasteiger partial charge in [-0.15, -0.1) is 5.10 Å². The molecule has 31 heavy (non-hydrogen) atoms. The lowest BCUT2D eigenvalue weighted by Crippen LogP contribution is -2.69. The Labute approximate surface area is 183 Å². The summed E-state index contributed by atoms with van der Waals surface area (Å²) in [6.07, 6.45) is 3.26. The van der Waals surface area contributed by atoms with Crippen LogP contribution in [-0.2, 0) is 14.3 Å². The molecule has 1 spiro atoms. The Kier molecular flexibility index (Phi) is 7.16. The number of carboxylic acid groups (broad SMARTS) is 1. The number of amides is 1. The van der Waals surface area contributed by atoms with E-state index in [1.54, 1.807) is 0 Å². The summed E-state index contributed by atoms with van der Waals surface area (Å²) in [5.74, 6) is 1.45. The molecule has 172 valence electrons. The Morgan fingerprint density at radius 3 is 2.42 bits per heavy atom. The lowest BCUT2D eigenvalue weighted by Gasteiger charge is -2.53. The number of aromatic nitrogens is 2. The molecule has 3 fully saturated rings. The molecule has 9 heteroatoms. The summed E-state index contributed by atoms with van der Waals surface area (Å²) >= 11 is 0. The largest absolute Gasteiger partial charge is 0.483 e. The van der Waals surface area contributed by atoms with Crippen molar-refractivity contribution in [3.05, 3.63) is 17.8 Å². The van der Waals surface area contributed by atoms with Crippen molar-refractivity contribution in [1.29, 1.82) is 0 Å². The van der Waals surface area contributed by atoms with Crippen LogP contribution in [0.3, 0.4) is 0 Å². The fourth-order valence-corrected chi connectivity index (χ4v) is 4.47. The third-order valence-electron chi connectivity index (χ3n) is 6.67. The van der Waals surface area contributed by atoms with E-state index in [4.69, 9.17) is 14.6 Å². The highest BCUT2D eigenvalue weighted by Gasteiger charge is 2.54. The summed E-state index contributed by atoms with van der Waals surface area (Å²) in [6, 6.07) is 4.06. The minimum Gasteiger partial charge on any atom is -0.483 e. The van der Waals surface area contributed by atoms with Crippen molar-refractivity contribution in [2.75, 3.05) is 24.6 Å². The number of carbonyl (C=O) groups excluding carboxylic acids is 1. The number of hydrogen-bond donors (Lipinski definition) is 3. The second kappa shape index (κ2) is 9.48. The number of piperidine rings is 1. The van der Waals surface area contributed by atoms with Crippen LogP contribution >= 0.6 is 0 Å². The Hall–Kier alpha value is -2.26. The Bertz CT molecular complexity index is 760. The fraction of sp³-hybridized carbons (Fsp3) is 0.727. The van der Waals surface area contributed by atoms with Crippen molar-refractivity contribution in [2.45, 2.75) is 76.0 Å². The van der Waals surface area contributed by atoms with Gasteiger partial charge in [0.2, 0.25) is 5.91 Å². The maximum Gasteiger partial charge on any atom is 0.290 e. The van der Waals surface area contributed by atoms with E-state index in [2.05, 4.69) is 34.3 Å². The minimum absolute atomic E-state index is 0.0801. The van der Waals surface area contributed by atoms with Gasteiger partial charge in [-0.05, 0) is 57.1 Å². The Morgan fingerprint density at radius 2 is 1.90 bits per heavy atom. The van der Waals surface area contributed by atoms with Crippen LogP contribution in [0.1, 0.15) is 64.5 Å². The lowest BCUT2D eigenvalue weighted by molar-refractivity contribution is -0.198. The monoisotopic (exact) mass is 434 g/mol. The Morgan fingerprint density at radius 1 is 1.26 bits per heavy atom. The molecular weight excluding hydrogens is 400 g/mol. The highest BCUT2D eigenvalue weighted by molar-refractivity contribution is 5.81. The molecule has 2 atom stereocenters. The van der Waals surface area contributed by atoms with Gasteiger partial charge in [0.05, 0.1) is 16.8 Å². The molecule has 9 nitrogen and oxygen atoms in total. The van der Waals surface area contributed by atoms with E-state index in [1.165, 1.54) is 0 Å². The van der Waals surface area contributed by atoms with Gasteiger partial charge in [0.15, 0.2) is 5.82 Å². The average molecular weight is 435 g/mol. The van der Waals surface area contributed by atoms with Crippen LogP contribution in [0, 0.1) is 5.92 Å². The molecule has 3 heterocycles. The van der Waals surface area contributed by atoms with Gasteiger partial charge in [-0.25, -0.2) is 0 Å². The van der Waals surface area contributed by atoms with Gasteiger partial charge < -0.3 is 25.2 Å². The molecule has 1 aromatic heterocycles. The summed E-state index contributed by atoms with van der Waals surface area (Å²) < 4.78 is 6.14. The number of aliphatic hydroxyl groups is 1. The third-order valence-corrected chi connectivity index (χ3v) is 6.67. The van der Waals surface area contributed by atoms with Crippen LogP contribution in [0.15, 0.2) is 12.1 Å². The summed E-state index contributed by atoms with van der Waals surface area (Å²) in [4.78, 5) is 22.9. The van der Waals surface area contributed by atoms with Crippen LogP contribution < -0.4 is 10.2 Å². The molecule has 3 aliphatic rings. The second-order valence-corrected chi connectivity index (χ2v) is 9.31. The van der Waals surface area contributed by atoms with Crippen LogP contribution in [0.5, 0.6) is 0 Å². The quantitative estimate of drug-likeness (QED) is 0.612. The van der Waals surface area contributed by atoms with Crippen LogP contribution in [0.2, 0.25) is 0 Å². The van der Waals surface area contributed by atoms with Gasteiger partial charge in [0.1, 0.15) is 6.10 Å². The van der Waals surface area contributed by atoms with Crippen molar-refractivity contribution in [3.63, 3.8) is 0 Å². The van der Waals surface area contributed by atoms with Crippen LogP contribution in [0.4, 0.5) is 5.82 Å². The van der Waals surface area contributed by atoms with Gasteiger partial charge in [-0.3, -0.25) is 9.59 Å². The van der Waals surface area contributed by atoms with E-state index >= 15 is 0 Å². The lowest BCUT2D eigenvalue weighted by atomic mass is 9.73. The van der Waals surface area contributed by atoms with Gasteiger partial charge in [0.25, 0.3) is 6.47 Å². The first-order valence-corrected chi connectivity index (χ1v) is 11.0. The first kappa shape index (κ1) is 23.4. The molecule has 1 aliphatic carbocycles. The maximum atomic E-state index is 12.3. The van der Waals surface area contributed by atoms with Crippen molar-refractivity contribution in [2.24, 2.45) is 5.92 Å². The molecule has 0 bridgehead atoms. The number of carbonyl (C=O) groups is 2. The number of anilines is 1. The van der Waals surface area contributed by atoms with E-state index in [1.807, 2.05) is 19.1 Å². The first-order chi connectivity index (χ1) is 14.7. The van der Waals surface area contributed by atoms with Crippen LogP contribution in [-0.4, -0.2) is 69.7 Å². The zero-order chi connectivity index (χ0) is 22.6. The maximum absolute atomic E-state index is 12.3.